The van der Waals surface area contributed by atoms with E-state index >= 15 is 0 Å². The Balaban J connectivity index is 1.84. The van der Waals surface area contributed by atoms with Gasteiger partial charge in [-0.3, -0.25) is 9.69 Å². The lowest BCUT2D eigenvalue weighted by molar-refractivity contribution is -0.115. The van der Waals surface area contributed by atoms with E-state index in [1.54, 1.807) is 23.1 Å². The predicted octanol–water partition coefficient (Wildman–Crippen LogP) is 3.59. The minimum atomic E-state index is -0.415. The number of phenolic OH excluding ortho intramolecular Hbond substituents is 1. The van der Waals surface area contributed by atoms with Crippen LogP contribution in [0.3, 0.4) is 0 Å². The van der Waals surface area contributed by atoms with Gasteiger partial charge in [0.1, 0.15) is 16.7 Å². The van der Waals surface area contributed by atoms with E-state index in [0.29, 0.717) is 22.6 Å². The van der Waals surface area contributed by atoms with E-state index in [1.165, 1.54) is 17.8 Å². The Morgan fingerprint density at radius 3 is 2.76 bits per heavy atom. The molecule has 2 aromatic carbocycles. The molecule has 1 fully saturated rings. The van der Waals surface area contributed by atoms with Crippen LogP contribution in [-0.4, -0.2) is 16.8 Å². The number of rotatable bonds is 2. The number of para-hydroxylation sites is 1. The zero-order chi connectivity index (χ0) is 17.6. The Labute approximate surface area is 147 Å². The van der Waals surface area contributed by atoms with Crippen molar-refractivity contribution in [3.05, 3.63) is 70.1 Å². The van der Waals surface area contributed by atoms with Gasteiger partial charge in [-0.25, -0.2) is 4.79 Å². The van der Waals surface area contributed by atoms with Crippen LogP contribution < -0.4 is 10.5 Å². The van der Waals surface area contributed by atoms with Crippen molar-refractivity contribution < 1.29 is 14.3 Å². The van der Waals surface area contributed by atoms with Crippen molar-refractivity contribution in [1.29, 1.82) is 0 Å². The molecule has 1 aliphatic heterocycles. The number of amides is 1. The molecule has 0 saturated carbocycles. The van der Waals surface area contributed by atoms with E-state index in [0.717, 1.165) is 10.9 Å². The van der Waals surface area contributed by atoms with Crippen LogP contribution in [0.25, 0.3) is 11.0 Å². The first kappa shape index (κ1) is 15.8. The number of anilines is 1. The number of aryl methyl sites for hydroxylation is 1. The highest BCUT2D eigenvalue weighted by molar-refractivity contribution is 8.00. The highest BCUT2D eigenvalue weighted by atomic mass is 32.2. The van der Waals surface area contributed by atoms with E-state index in [-0.39, 0.29) is 17.0 Å². The average molecular weight is 353 g/mol. The van der Waals surface area contributed by atoms with Crippen LogP contribution in [-0.2, 0) is 4.79 Å². The second-order valence-electron chi connectivity index (χ2n) is 5.91. The number of aromatic hydroxyl groups is 1. The lowest BCUT2D eigenvalue weighted by atomic mass is 10.1. The maximum absolute atomic E-state index is 12.5. The molecule has 2 heterocycles. The van der Waals surface area contributed by atoms with Crippen molar-refractivity contribution >= 4 is 34.3 Å². The molecule has 0 spiro atoms. The van der Waals surface area contributed by atoms with Gasteiger partial charge >= 0.3 is 5.63 Å². The lowest BCUT2D eigenvalue weighted by Crippen LogP contribution is -2.27. The number of hydrogen-bond acceptors (Lipinski definition) is 5. The molecule has 1 saturated heterocycles. The van der Waals surface area contributed by atoms with Gasteiger partial charge in [-0.05, 0) is 30.7 Å². The maximum atomic E-state index is 12.5. The summed E-state index contributed by atoms with van der Waals surface area (Å²) in [5.74, 6) is 0.435. The van der Waals surface area contributed by atoms with Crippen molar-refractivity contribution in [2.24, 2.45) is 0 Å². The normalized spacial score (nSPS) is 17.4. The van der Waals surface area contributed by atoms with Gasteiger partial charge in [-0.1, -0.05) is 18.2 Å². The number of nitrogens with zero attached hydrogens (tertiary/aromatic N) is 1. The van der Waals surface area contributed by atoms with Gasteiger partial charge in [0.05, 0.1) is 5.75 Å². The zero-order valence-corrected chi connectivity index (χ0v) is 14.2. The molecule has 0 bridgehead atoms. The third-order valence-corrected chi connectivity index (χ3v) is 5.48. The monoisotopic (exact) mass is 353 g/mol. The largest absolute Gasteiger partial charge is 0.508 e. The molecule has 0 radical (unpaired) electrons. The summed E-state index contributed by atoms with van der Waals surface area (Å²) in [6.45, 7) is 1.85. The first-order valence-electron chi connectivity index (χ1n) is 7.80. The Kier molecular flexibility index (Phi) is 3.77. The van der Waals surface area contributed by atoms with Crippen LogP contribution in [0, 0.1) is 6.92 Å². The molecule has 1 amide bonds. The third kappa shape index (κ3) is 2.68. The van der Waals surface area contributed by atoms with Crippen LogP contribution in [0.5, 0.6) is 5.75 Å². The van der Waals surface area contributed by atoms with Crippen molar-refractivity contribution in [3.8, 4) is 5.75 Å². The van der Waals surface area contributed by atoms with Gasteiger partial charge < -0.3 is 9.52 Å². The Hall–Kier alpha value is -2.73. The average Bonchev–Trinajstić information content (AvgIpc) is 2.96. The zero-order valence-electron chi connectivity index (χ0n) is 13.4. The summed E-state index contributed by atoms with van der Waals surface area (Å²) in [4.78, 5) is 25.8. The predicted molar refractivity (Wildman–Crippen MR) is 98.0 cm³/mol. The SMILES string of the molecule is Cc1cc(=O)oc2cc(N3C(=O)CSC3c3ccccc3O)ccc12. The fourth-order valence-corrected chi connectivity index (χ4v) is 4.30. The fourth-order valence-electron chi connectivity index (χ4n) is 3.09. The quantitative estimate of drug-likeness (QED) is 0.713. The van der Waals surface area contributed by atoms with E-state index in [9.17, 15) is 14.7 Å². The number of carbonyl (C=O) groups is 1. The van der Waals surface area contributed by atoms with E-state index in [2.05, 4.69) is 0 Å². The lowest BCUT2D eigenvalue weighted by Gasteiger charge is -2.25. The van der Waals surface area contributed by atoms with Crippen molar-refractivity contribution in [2.75, 3.05) is 10.7 Å². The minimum absolute atomic E-state index is 0.0485. The summed E-state index contributed by atoms with van der Waals surface area (Å²) in [6.07, 6.45) is 0. The topological polar surface area (TPSA) is 70.8 Å². The van der Waals surface area contributed by atoms with Crippen LogP contribution in [0.2, 0.25) is 0 Å². The molecule has 126 valence electrons. The molecule has 25 heavy (non-hydrogen) atoms. The Morgan fingerprint density at radius 2 is 1.96 bits per heavy atom. The number of phenols is 1. The van der Waals surface area contributed by atoms with Gasteiger partial charge in [-0.15, -0.1) is 11.8 Å². The summed E-state index contributed by atoms with van der Waals surface area (Å²) >= 11 is 1.46. The van der Waals surface area contributed by atoms with E-state index < -0.39 is 5.63 Å². The molecule has 1 aromatic heterocycles. The molecule has 1 atom stereocenters. The first-order valence-corrected chi connectivity index (χ1v) is 8.85. The Bertz CT molecular complexity index is 1040. The van der Waals surface area contributed by atoms with E-state index in [1.807, 2.05) is 31.2 Å². The molecule has 3 aromatic rings. The molecular formula is C19H15NO4S. The van der Waals surface area contributed by atoms with Crippen molar-refractivity contribution in [2.45, 2.75) is 12.3 Å². The molecule has 0 aliphatic carbocycles. The summed E-state index contributed by atoms with van der Waals surface area (Å²) in [5, 5.41) is 10.7. The van der Waals surface area contributed by atoms with Crippen molar-refractivity contribution in [3.63, 3.8) is 0 Å². The number of fused-ring (bicyclic) bond motifs is 1. The molecule has 1 aliphatic rings. The maximum Gasteiger partial charge on any atom is 0.336 e. The number of thioether (sulfide) groups is 1. The molecule has 1 unspecified atom stereocenters. The molecule has 4 rings (SSSR count). The molecule has 6 heteroatoms. The second kappa shape index (κ2) is 5.97. The van der Waals surface area contributed by atoms with Gasteiger partial charge in [0, 0.05) is 28.8 Å². The molecule has 5 nitrogen and oxygen atoms in total. The van der Waals surface area contributed by atoms with Gasteiger partial charge in [0.15, 0.2) is 0 Å². The van der Waals surface area contributed by atoms with Gasteiger partial charge in [-0.2, -0.15) is 0 Å². The van der Waals surface area contributed by atoms with Crippen molar-refractivity contribution in [1.82, 2.24) is 0 Å². The highest BCUT2D eigenvalue weighted by Crippen LogP contribution is 2.44. The first-order chi connectivity index (χ1) is 12.0. The standard InChI is InChI=1S/C19H15NO4S/c1-11-8-18(23)24-16-9-12(6-7-13(11)16)20-17(22)10-25-19(20)14-4-2-3-5-15(14)21/h2-9,19,21H,10H2,1H3. The molecule has 1 N–H and O–H groups in total. The Morgan fingerprint density at radius 1 is 1.16 bits per heavy atom. The summed E-state index contributed by atoms with van der Waals surface area (Å²) in [7, 11) is 0. The molecular weight excluding hydrogens is 338 g/mol. The number of carbonyl (C=O) groups excluding carboxylic acids is 1. The highest BCUT2D eigenvalue weighted by Gasteiger charge is 2.35. The van der Waals surface area contributed by atoms with Gasteiger partial charge in [0.25, 0.3) is 0 Å². The van der Waals surface area contributed by atoms with Crippen LogP contribution in [0.1, 0.15) is 16.5 Å². The summed E-state index contributed by atoms with van der Waals surface area (Å²) < 4.78 is 5.29. The van der Waals surface area contributed by atoms with Gasteiger partial charge in [0.2, 0.25) is 5.91 Å². The summed E-state index contributed by atoms with van der Waals surface area (Å²) in [5.41, 5.74) is 2.19. The number of benzene rings is 2. The number of hydrogen-bond donors (Lipinski definition) is 1. The minimum Gasteiger partial charge on any atom is -0.508 e. The second-order valence-corrected chi connectivity index (χ2v) is 6.98. The van der Waals surface area contributed by atoms with Crippen LogP contribution in [0.15, 0.2) is 57.7 Å². The smallest absolute Gasteiger partial charge is 0.336 e. The third-order valence-electron chi connectivity index (χ3n) is 4.28. The van der Waals surface area contributed by atoms with Crippen LogP contribution in [0.4, 0.5) is 5.69 Å². The van der Waals surface area contributed by atoms with Crippen LogP contribution >= 0.6 is 11.8 Å². The summed E-state index contributed by atoms with van der Waals surface area (Å²) in [6, 6.07) is 13.8. The fraction of sp³-hybridized carbons (Fsp3) is 0.158. The van der Waals surface area contributed by atoms with E-state index in [4.69, 9.17) is 4.42 Å².